The molecule has 1 aromatic rings. The minimum atomic E-state index is -3.47. The zero-order chi connectivity index (χ0) is 14.5. The van der Waals surface area contributed by atoms with E-state index in [4.69, 9.17) is 0 Å². The van der Waals surface area contributed by atoms with Crippen molar-refractivity contribution in [2.24, 2.45) is 5.92 Å². The van der Waals surface area contributed by atoms with Crippen LogP contribution < -0.4 is 4.72 Å². The predicted octanol–water partition coefficient (Wildman–Crippen LogP) is 3.03. The van der Waals surface area contributed by atoms with E-state index in [-0.39, 0.29) is 12.0 Å². The SMILES string of the molecule is C=C=CCC(NS(=O)(=O)c1ccc(C)cc1)C(C)C. The third kappa shape index (κ3) is 4.67. The first-order chi connectivity index (χ1) is 8.86. The Labute approximate surface area is 116 Å². The number of sulfonamides is 1. The highest BCUT2D eigenvalue weighted by Crippen LogP contribution is 2.14. The monoisotopic (exact) mass is 279 g/mol. The van der Waals surface area contributed by atoms with E-state index in [9.17, 15) is 8.42 Å². The topological polar surface area (TPSA) is 46.2 Å². The highest BCUT2D eigenvalue weighted by molar-refractivity contribution is 7.89. The molecule has 1 N–H and O–H groups in total. The largest absolute Gasteiger partial charge is 0.240 e. The normalized spacial score (nSPS) is 13.1. The summed E-state index contributed by atoms with van der Waals surface area (Å²) in [5.41, 5.74) is 3.71. The minimum Gasteiger partial charge on any atom is -0.207 e. The molecule has 4 heteroatoms. The Kier molecular flexibility index (Phi) is 5.55. The average molecular weight is 279 g/mol. The van der Waals surface area contributed by atoms with Crippen molar-refractivity contribution < 1.29 is 8.42 Å². The van der Waals surface area contributed by atoms with Crippen molar-refractivity contribution in [3.05, 3.63) is 48.2 Å². The van der Waals surface area contributed by atoms with Crippen LogP contribution in [0.4, 0.5) is 0 Å². The lowest BCUT2D eigenvalue weighted by Crippen LogP contribution is -2.38. The molecule has 1 rings (SSSR count). The zero-order valence-electron chi connectivity index (χ0n) is 11.7. The summed E-state index contributed by atoms with van der Waals surface area (Å²) in [5, 5.41) is 0. The van der Waals surface area contributed by atoms with Crippen LogP contribution in [0.1, 0.15) is 25.8 Å². The van der Waals surface area contributed by atoms with E-state index >= 15 is 0 Å². The Morgan fingerprint density at radius 3 is 2.37 bits per heavy atom. The van der Waals surface area contributed by atoms with E-state index in [2.05, 4.69) is 17.0 Å². The summed E-state index contributed by atoms with van der Waals surface area (Å²) in [5.74, 6) is 0.199. The van der Waals surface area contributed by atoms with Crippen LogP contribution >= 0.6 is 0 Å². The van der Waals surface area contributed by atoms with Crippen LogP contribution in [0.5, 0.6) is 0 Å². The fraction of sp³-hybridized carbons (Fsp3) is 0.400. The first-order valence-electron chi connectivity index (χ1n) is 6.30. The second-order valence-corrected chi connectivity index (χ2v) is 6.64. The highest BCUT2D eigenvalue weighted by atomic mass is 32.2. The van der Waals surface area contributed by atoms with Crippen molar-refractivity contribution in [1.82, 2.24) is 4.72 Å². The maximum Gasteiger partial charge on any atom is 0.240 e. The van der Waals surface area contributed by atoms with Gasteiger partial charge >= 0.3 is 0 Å². The Morgan fingerprint density at radius 1 is 1.32 bits per heavy atom. The Bertz CT molecular complexity index is 552. The van der Waals surface area contributed by atoms with Gasteiger partial charge in [-0.05, 0) is 37.5 Å². The third-order valence-corrected chi connectivity index (χ3v) is 4.46. The zero-order valence-corrected chi connectivity index (χ0v) is 12.5. The van der Waals surface area contributed by atoms with Crippen molar-refractivity contribution in [2.45, 2.75) is 38.1 Å². The van der Waals surface area contributed by atoms with Crippen molar-refractivity contribution in [1.29, 1.82) is 0 Å². The van der Waals surface area contributed by atoms with Crippen molar-refractivity contribution in [3.63, 3.8) is 0 Å². The van der Waals surface area contributed by atoms with E-state index in [0.717, 1.165) is 5.56 Å². The minimum absolute atomic E-state index is 0.152. The molecule has 1 aromatic carbocycles. The molecule has 0 aliphatic carbocycles. The maximum absolute atomic E-state index is 12.3. The summed E-state index contributed by atoms with van der Waals surface area (Å²) in [4.78, 5) is 0.298. The number of hydrogen-bond donors (Lipinski definition) is 1. The summed E-state index contributed by atoms with van der Waals surface area (Å²) < 4.78 is 27.3. The molecule has 0 fully saturated rings. The first-order valence-corrected chi connectivity index (χ1v) is 7.78. The van der Waals surface area contributed by atoms with Gasteiger partial charge in [0.15, 0.2) is 0 Å². The van der Waals surface area contributed by atoms with E-state index in [1.807, 2.05) is 20.8 Å². The van der Waals surface area contributed by atoms with Crippen LogP contribution in [0.2, 0.25) is 0 Å². The van der Waals surface area contributed by atoms with Crippen LogP contribution in [0, 0.1) is 12.8 Å². The highest BCUT2D eigenvalue weighted by Gasteiger charge is 2.21. The second-order valence-electron chi connectivity index (χ2n) is 4.93. The molecule has 0 radical (unpaired) electrons. The Balaban J connectivity index is 2.93. The van der Waals surface area contributed by atoms with Gasteiger partial charge in [0.2, 0.25) is 10.0 Å². The molecular weight excluding hydrogens is 258 g/mol. The molecule has 0 heterocycles. The Morgan fingerprint density at radius 2 is 1.89 bits per heavy atom. The summed E-state index contributed by atoms with van der Waals surface area (Å²) >= 11 is 0. The number of aryl methyl sites for hydroxylation is 1. The van der Waals surface area contributed by atoms with Gasteiger partial charge in [0.1, 0.15) is 0 Å². The van der Waals surface area contributed by atoms with Crippen LogP contribution in [0.15, 0.2) is 47.5 Å². The van der Waals surface area contributed by atoms with Crippen molar-refractivity contribution in [3.8, 4) is 0 Å². The number of hydrogen-bond acceptors (Lipinski definition) is 2. The van der Waals surface area contributed by atoms with Crippen LogP contribution in [-0.2, 0) is 10.0 Å². The van der Waals surface area contributed by atoms with Gasteiger partial charge in [-0.3, -0.25) is 0 Å². The molecule has 0 saturated carbocycles. The summed E-state index contributed by atoms with van der Waals surface area (Å²) in [6.07, 6.45) is 2.34. The second kappa shape index (κ2) is 6.71. The van der Waals surface area contributed by atoms with Crippen LogP contribution in [-0.4, -0.2) is 14.5 Å². The molecule has 0 aliphatic rings. The van der Waals surface area contributed by atoms with Crippen LogP contribution in [0.3, 0.4) is 0 Å². The predicted molar refractivity (Wildman–Crippen MR) is 78.5 cm³/mol. The first kappa shape index (κ1) is 15.7. The van der Waals surface area contributed by atoms with Gasteiger partial charge in [-0.2, -0.15) is 0 Å². The van der Waals surface area contributed by atoms with Gasteiger partial charge in [-0.1, -0.05) is 38.1 Å². The quantitative estimate of drug-likeness (QED) is 0.814. The van der Waals surface area contributed by atoms with Gasteiger partial charge < -0.3 is 0 Å². The van der Waals surface area contributed by atoms with Crippen molar-refractivity contribution >= 4 is 10.0 Å². The Hall–Kier alpha value is -1.35. The molecule has 104 valence electrons. The molecular formula is C15H21NO2S. The molecule has 3 nitrogen and oxygen atoms in total. The van der Waals surface area contributed by atoms with E-state index in [0.29, 0.717) is 11.3 Å². The standard InChI is InChI=1S/C15H21NO2S/c1-5-6-7-15(12(2)3)16-19(17,18)14-10-8-13(4)9-11-14/h6,8-12,15-16H,1,7H2,2-4H3. The van der Waals surface area contributed by atoms with Gasteiger partial charge in [0, 0.05) is 6.04 Å². The summed E-state index contributed by atoms with van der Waals surface area (Å²) in [7, 11) is -3.47. The van der Waals surface area contributed by atoms with Gasteiger partial charge in [0.05, 0.1) is 4.90 Å². The molecule has 1 unspecified atom stereocenters. The van der Waals surface area contributed by atoms with Gasteiger partial charge in [-0.15, -0.1) is 5.73 Å². The molecule has 1 atom stereocenters. The van der Waals surface area contributed by atoms with E-state index in [1.54, 1.807) is 30.3 Å². The lowest BCUT2D eigenvalue weighted by molar-refractivity contribution is 0.451. The summed E-state index contributed by atoms with van der Waals surface area (Å²) in [6, 6.07) is 6.68. The lowest BCUT2D eigenvalue weighted by Gasteiger charge is -2.20. The molecule has 0 bridgehead atoms. The molecule has 0 saturated heterocycles. The van der Waals surface area contributed by atoms with Crippen molar-refractivity contribution in [2.75, 3.05) is 0 Å². The fourth-order valence-corrected chi connectivity index (χ4v) is 3.05. The summed E-state index contributed by atoms with van der Waals surface area (Å²) in [6.45, 7) is 9.40. The maximum atomic E-state index is 12.3. The van der Waals surface area contributed by atoms with E-state index in [1.165, 1.54) is 0 Å². The third-order valence-electron chi connectivity index (χ3n) is 2.96. The van der Waals surface area contributed by atoms with Gasteiger partial charge in [-0.25, -0.2) is 13.1 Å². The molecule has 0 aromatic heterocycles. The average Bonchev–Trinajstić information content (AvgIpc) is 2.34. The number of rotatable bonds is 6. The molecule has 0 amide bonds. The molecule has 0 spiro atoms. The molecule has 0 aliphatic heterocycles. The van der Waals surface area contributed by atoms with E-state index < -0.39 is 10.0 Å². The van der Waals surface area contributed by atoms with Crippen LogP contribution in [0.25, 0.3) is 0 Å². The number of benzene rings is 1. The smallest absolute Gasteiger partial charge is 0.207 e. The number of nitrogens with one attached hydrogen (secondary N) is 1. The van der Waals surface area contributed by atoms with Gasteiger partial charge in [0.25, 0.3) is 0 Å². The fourth-order valence-electron chi connectivity index (χ4n) is 1.65. The lowest BCUT2D eigenvalue weighted by atomic mass is 10.0. The molecule has 19 heavy (non-hydrogen) atoms.